The first-order valence-corrected chi connectivity index (χ1v) is 13.0. The molecule has 198 valence electrons. The molecule has 0 unspecified atom stereocenters. The number of hydrogen-bond acceptors (Lipinski definition) is 5. The van der Waals surface area contributed by atoms with Gasteiger partial charge in [0, 0.05) is 43.8 Å². The van der Waals surface area contributed by atoms with Gasteiger partial charge in [-0.05, 0) is 68.4 Å². The average molecular weight is 553 g/mol. The molecule has 0 spiro atoms. The number of fused-ring (bicyclic) bond motifs is 1. The van der Waals surface area contributed by atoms with E-state index in [1.165, 1.54) is 0 Å². The van der Waals surface area contributed by atoms with Crippen molar-refractivity contribution in [1.82, 2.24) is 14.8 Å². The van der Waals surface area contributed by atoms with Gasteiger partial charge in [-0.3, -0.25) is 19.5 Å². The summed E-state index contributed by atoms with van der Waals surface area (Å²) in [6, 6.07) is 13.9. The number of rotatable bonds is 7. The fourth-order valence-electron chi connectivity index (χ4n) is 4.30. The second-order valence-electron chi connectivity index (χ2n) is 9.61. The number of nitrogens with one attached hydrogen (secondary N) is 1. The molecule has 1 aliphatic rings. The Morgan fingerprint density at radius 3 is 2.61 bits per heavy atom. The number of nitrogens with zero attached hydrogens (tertiary/aromatic N) is 3. The Bertz CT molecular complexity index is 1350. The number of carbonyl (C=O) groups is 2. The number of para-hydroxylation sites is 1. The molecule has 1 N–H and O–H groups in total. The largest absolute Gasteiger partial charge is 0.483 e. The highest BCUT2D eigenvalue weighted by atomic mass is 35.5. The summed E-state index contributed by atoms with van der Waals surface area (Å²) < 4.78 is 6.48. The van der Waals surface area contributed by atoms with Gasteiger partial charge in [0.05, 0.1) is 21.2 Å². The highest BCUT2D eigenvalue weighted by molar-refractivity contribution is 6.42. The van der Waals surface area contributed by atoms with E-state index < -0.39 is 6.10 Å². The highest BCUT2D eigenvalue weighted by Crippen LogP contribution is 2.32. The monoisotopic (exact) mass is 552 g/mol. The van der Waals surface area contributed by atoms with Crippen molar-refractivity contribution in [2.45, 2.75) is 32.5 Å². The first-order chi connectivity index (χ1) is 18.1. The molecular weight excluding hydrogens is 523 g/mol. The summed E-state index contributed by atoms with van der Waals surface area (Å²) in [6.45, 7) is 9.59. The van der Waals surface area contributed by atoms with Crippen molar-refractivity contribution in [2.75, 3.05) is 25.5 Å². The first-order valence-electron chi connectivity index (χ1n) is 12.3. The Hall–Kier alpha value is -3.39. The highest BCUT2D eigenvalue weighted by Gasteiger charge is 2.32. The van der Waals surface area contributed by atoms with Crippen LogP contribution in [0.2, 0.25) is 10.0 Å². The molecule has 2 heterocycles. The van der Waals surface area contributed by atoms with E-state index in [-0.39, 0.29) is 29.2 Å². The SMILES string of the molecule is C=C1CN(C(C)C)C(=O)c2cccc(C(=O)Nc3ccncc3)c2O[C@@H]1CN(C)Cc1ccc(Cl)c(Cl)c1. The molecule has 9 heteroatoms. The molecule has 4 rings (SSSR count). The molecule has 0 saturated heterocycles. The number of ether oxygens (including phenoxy) is 1. The summed E-state index contributed by atoms with van der Waals surface area (Å²) in [5.41, 5.74) is 2.93. The van der Waals surface area contributed by atoms with Gasteiger partial charge < -0.3 is 15.0 Å². The Morgan fingerprint density at radius 2 is 1.92 bits per heavy atom. The maximum atomic E-state index is 13.6. The summed E-state index contributed by atoms with van der Waals surface area (Å²) in [5.74, 6) is -0.355. The summed E-state index contributed by atoms with van der Waals surface area (Å²) in [7, 11) is 1.96. The zero-order valence-corrected chi connectivity index (χ0v) is 23.1. The zero-order chi connectivity index (χ0) is 27.4. The molecule has 0 saturated carbocycles. The number of carbonyl (C=O) groups excluding carboxylic acids is 2. The summed E-state index contributed by atoms with van der Waals surface area (Å²) in [4.78, 5) is 34.7. The quantitative estimate of drug-likeness (QED) is 0.367. The normalized spacial score (nSPS) is 15.7. The van der Waals surface area contributed by atoms with E-state index in [4.69, 9.17) is 27.9 Å². The number of amides is 2. The van der Waals surface area contributed by atoms with Crippen LogP contribution in [0.1, 0.15) is 40.1 Å². The molecule has 1 aliphatic heterocycles. The maximum absolute atomic E-state index is 13.6. The van der Waals surface area contributed by atoms with Crippen molar-refractivity contribution in [3.63, 3.8) is 0 Å². The van der Waals surface area contributed by atoms with E-state index in [9.17, 15) is 9.59 Å². The van der Waals surface area contributed by atoms with Crippen LogP contribution in [-0.4, -0.2) is 58.9 Å². The first kappa shape index (κ1) is 27.6. The van der Waals surface area contributed by atoms with Crippen LogP contribution in [0.3, 0.4) is 0 Å². The van der Waals surface area contributed by atoms with Crippen LogP contribution < -0.4 is 10.1 Å². The van der Waals surface area contributed by atoms with Gasteiger partial charge in [0.1, 0.15) is 11.9 Å². The lowest BCUT2D eigenvalue weighted by Crippen LogP contribution is -2.45. The third-order valence-corrected chi connectivity index (χ3v) is 7.05. The van der Waals surface area contributed by atoms with Gasteiger partial charge >= 0.3 is 0 Å². The van der Waals surface area contributed by atoms with Gasteiger partial charge in [0.2, 0.25) is 0 Å². The van der Waals surface area contributed by atoms with Crippen LogP contribution in [-0.2, 0) is 6.54 Å². The van der Waals surface area contributed by atoms with Crippen LogP contribution in [0.15, 0.2) is 73.1 Å². The van der Waals surface area contributed by atoms with Crippen molar-refractivity contribution in [2.24, 2.45) is 0 Å². The Kier molecular flexibility index (Phi) is 8.72. The number of benzene rings is 2. The van der Waals surface area contributed by atoms with Crippen molar-refractivity contribution < 1.29 is 14.3 Å². The predicted molar refractivity (Wildman–Crippen MR) is 151 cm³/mol. The lowest BCUT2D eigenvalue weighted by molar-refractivity contribution is 0.0674. The fourth-order valence-corrected chi connectivity index (χ4v) is 4.62. The molecule has 0 bridgehead atoms. The number of anilines is 1. The Balaban J connectivity index is 1.66. The molecular formula is C29H30Cl2N4O3. The minimum atomic E-state index is -0.481. The van der Waals surface area contributed by atoms with Crippen molar-refractivity contribution in [3.05, 3.63) is 99.8 Å². The maximum Gasteiger partial charge on any atom is 0.259 e. The molecule has 38 heavy (non-hydrogen) atoms. The Morgan fingerprint density at radius 1 is 1.18 bits per heavy atom. The fraction of sp³-hybridized carbons (Fsp3) is 0.276. The van der Waals surface area contributed by atoms with Crippen LogP contribution >= 0.6 is 23.2 Å². The standard InChI is InChI=1S/C29H30Cl2N4O3/c1-18(2)35-15-19(3)26(17-34(4)16-20-8-9-24(30)25(31)14-20)38-27-22(6-5-7-23(27)29(35)37)28(36)33-21-10-12-32-13-11-21/h5-14,18,26H,3,15-17H2,1-2,4H3,(H,32,33,36)/t26-/m1/s1. The van der Waals surface area contributed by atoms with Gasteiger partial charge in [0.25, 0.3) is 11.8 Å². The van der Waals surface area contributed by atoms with E-state index in [1.807, 2.05) is 33.0 Å². The Labute approximate surface area is 233 Å². The van der Waals surface area contributed by atoms with E-state index in [2.05, 4.69) is 21.8 Å². The zero-order valence-electron chi connectivity index (χ0n) is 21.6. The smallest absolute Gasteiger partial charge is 0.259 e. The molecule has 7 nitrogen and oxygen atoms in total. The van der Waals surface area contributed by atoms with E-state index in [0.717, 1.165) is 11.1 Å². The molecule has 2 aromatic carbocycles. The molecule has 0 fully saturated rings. The second kappa shape index (κ2) is 12.0. The third-order valence-electron chi connectivity index (χ3n) is 6.32. The average Bonchev–Trinajstić information content (AvgIpc) is 2.88. The van der Waals surface area contributed by atoms with Crippen molar-refractivity contribution >= 4 is 40.7 Å². The summed E-state index contributed by atoms with van der Waals surface area (Å²) in [6.07, 6.45) is 2.70. The summed E-state index contributed by atoms with van der Waals surface area (Å²) in [5, 5.41) is 3.86. The summed E-state index contributed by atoms with van der Waals surface area (Å²) >= 11 is 12.3. The van der Waals surface area contributed by atoms with Crippen LogP contribution in [0.4, 0.5) is 5.69 Å². The molecule has 0 radical (unpaired) electrons. The number of likely N-dealkylation sites (N-methyl/N-ethyl adjacent to an activating group) is 1. The number of halogens is 2. The molecule has 3 aromatic rings. The lowest BCUT2D eigenvalue weighted by Gasteiger charge is -2.36. The van der Waals surface area contributed by atoms with Crippen LogP contribution in [0.25, 0.3) is 0 Å². The second-order valence-corrected chi connectivity index (χ2v) is 10.4. The molecule has 0 aliphatic carbocycles. The van der Waals surface area contributed by atoms with Gasteiger partial charge in [-0.15, -0.1) is 0 Å². The minimum absolute atomic E-state index is 0.0749. The number of hydrogen-bond donors (Lipinski definition) is 1. The van der Waals surface area contributed by atoms with E-state index in [1.54, 1.807) is 53.7 Å². The predicted octanol–water partition coefficient (Wildman–Crippen LogP) is 5.94. The van der Waals surface area contributed by atoms with E-state index in [0.29, 0.717) is 40.9 Å². The van der Waals surface area contributed by atoms with Crippen molar-refractivity contribution in [1.29, 1.82) is 0 Å². The van der Waals surface area contributed by atoms with Gasteiger partial charge in [-0.2, -0.15) is 0 Å². The lowest BCUT2D eigenvalue weighted by atomic mass is 10.0. The van der Waals surface area contributed by atoms with Gasteiger partial charge in [-0.1, -0.05) is 41.9 Å². The third kappa shape index (κ3) is 6.35. The molecule has 1 atom stereocenters. The van der Waals surface area contributed by atoms with Crippen LogP contribution in [0.5, 0.6) is 5.75 Å². The minimum Gasteiger partial charge on any atom is -0.483 e. The molecule has 2 amide bonds. The van der Waals surface area contributed by atoms with E-state index >= 15 is 0 Å². The van der Waals surface area contributed by atoms with Gasteiger partial charge in [-0.25, -0.2) is 0 Å². The van der Waals surface area contributed by atoms with Gasteiger partial charge in [0.15, 0.2) is 0 Å². The number of aromatic nitrogens is 1. The van der Waals surface area contributed by atoms with Crippen LogP contribution in [0, 0.1) is 0 Å². The number of pyridine rings is 1. The topological polar surface area (TPSA) is 74.8 Å². The van der Waals surface area contributed by atoms with Crippen molar-refractivity contribution in [3.8, 4) is 5.75 Å². The molecule has 1 aromatic heterocycles.